The molecule has 2 rings (SSSR count). The highest BCUT2D eigenvalue weighted by molar-refractivity contribution is 5.84. The number of amides is 1. The van der Waals surface area contributed by atoms with Gasteiger partial charge in [0.05, 0.1) is 16.2 Å². The van der Waals surface area contributed by atoms with Crippen molar-refractivity contribution in [1.29, 1.82) is 0 Å². The SMILES string of the molecule is O=C=Nc1ccc(NC(=O)OC(c2ccccc2)[N+](=O)[O-])cc1. The Labute approximate surface area is 130 Å². The highest BCUT2D eigenvalue weighted by Gasteiger charge is 2.27. The van der Waals surface area contributed by atoms with Crippen molar-refractivity contribution in [3.8, 4) is 0 Å². The summed E-state index contributed by atoms with van der Waals surface area (Å²) in [7, 11) is 0. The van der Waals surface area contributed by atoms with Crippen LogP contribution < -0.4 is 5.32 Å². The van der Waals surface area contributed by atoms with Gasteiger partial charge >= 0.3 is 12.3 Å². The lowest BCUT2D eigenvalue weighted by Crippen LogP contribution is -2.22. The maximum Gasteiger partial charge on any atom is 0.417 e. The van der Waals surface area contributed by atoms with Crippen LogP contribution in [0.3, 0.4) is 0 Å². The molecular formula is C15H11N3O5. The quantitative estimate of drug-likeness (QED) is 0.299. The fourth-order valence-corrected chi connectivity index (χ4v) is 1.77. The summed E-state index contributed by atoms with van der Waals surface area (Å²) in [6.45, 7) is 0. The Balaban J connectivity index is 2.05. The molecule has 0 saturated heterocycles. The zero-order valence-corrected chi connectivity index (χ0v) is 11.7. The molecule has 2 aromatic rings. The van der Waals surface area contributed by atoms with Crippen LogP contribution in [0.4, 0.5) is 16.2 Å². The summed E-state index contributed by atoms with van der Waals surface area (Å²) < 4.78 is 4.84. The van der Waals surface area contributed by atoms with E-state index in [0.717, 1.165) is 0 Å². The van der Waals surface area contributed by atoms with E-state index < -0.39 is 17.2 Å². The molecule has 0 saturated carbocycles. The number of hydrogen-bond donors (Lipinski definition) is 1. The van der Waals surface area contributed by atoms with Crippen LogP contribution >= 0.6 is 0 Å². The summed E-state index contributed by atoms with van der Waals surface area (Å²) in [6, 6.07) is 13.8. The second kappa shape index (κ2) is 7.48. The summed E-state index contributed by atoms with van der Waals surface area (Å²) in [5, 5.41) is 13.4. The molecule has 0 aliphatic rings. The molecule has 1 atom stereocenters. The topological polar surface area (TPSA) is 111 Å². The molecule has 116 valence electrons. The predicted molar refractivity (Wildman–Crippen MR) is 80.5 cm³/mol. The minimum atomic E-state index is -1.60. The average molecular weight is 313 g/mol. The highest BCUT2D eigenvalue weighted by atomic mass is 16.7. The number of anilines is 1. The number of nitro groups is 1. The molecule has 0 spiro atoms. The Morgan fingerprint density at radius 3 is 2.39 bits per heavy atom. The number of benzene rings is 2. The summed E-state index contributed by atoms with van der Waals surface area (Å²) >= 11 is 0. The van der Waals surface area contributed by atoms with E-state index in [1.165, 1.54) is 42.5 Å². The lowest BCUT2D eigenvalue weighted by Gasteiger charge is -2.11. The minimum Gasteiger partial charge on any atom is -0.377 e. The number of carbonyl (C=O) groups is 1. The number of rotatable bonds is 5. The van der Waals surface area contributed by atoms with E-state index in [1.54, 1.807) is 18.2 Å². The van der Waals surface area contributed by atoms with Gasteiger partial charge in [0, 0.05) is 5.69 Å². The van der Waals surface area contributed by atoms with E-state index in [1.807, 2.05) is 0 Å². The van der Waals surface area contributed by atoms with E-state index in [2.05, 4.69) is 10.3 Å². The monoisotopic (exact) mass is 313 g/mol. The third-order valence-electron chi connectivity index (χ3n) is 2.78. The summed E-state index contributed by atoms with van der Waals surface area (Å²) in [5.74, 6) is 0. The van der Waals surface area contributed by atoms with Crippen LogP contribution in [0.25, 0.3) is 0 Å². The van der Waals surface area contributed by atoms with Crippen molar-refractivity contribution in [2.45, 2.75) is 6.23 Å². The number of isocyanates is 1. The first-order valence-electron chi connectivity index (χ1n) is 6.44. The van der Waals surface area contributed by atoms with Crippen molar-refractivity contribution in [3.05, 3.63) is 70.3 Å². The molecule has 0 bridgehead atoms. The third-order valence-corrected chi connectivity index (χ3v) is 2.78. The van der Waals surface area contributed by atoms with Gasteiger partial charge in [-0.1, -0.05) is 18.2 Å². The molecular weight excluding hydrogens is 302 g/mol. The van der Waals surface area contributed by atoms with Gasteiger partial charge in [0.15, 0.2) is 0 Å². The van der Waals surface area contributed by atoms with Gasteiger partial charge in [-0.25, -0.2) is 9.59 Å². The molecule has 0 radical (unpaired) electrons. The molecule has 23 heavy (non-hydrogen) atoms. The molecule has 0 aliphatic heterocycles. The molecule has 1 amide bonds. The molecule has 8 heteroatoms. The fourth-order valence-electron chi connectivity index (χ4n) is 1.77. The maximum atomic E-state index is 11.8. The van der Waals surface area contributed by atoms with Crippen molar-refractivity contribution in [2.24, 2.45) is 4.99 Å². The molecule has 0 fully saturated rings. The molecule has 0 aromatic heterocycles. The lowest BCUT2D eigenvalue weighted by atomic mass is 10.2. The van der Waals surface area contributed by atoms with Crippen LogP contribution in [-0.2, 0) is 9.53 Å². The Kier molecular flexibility index (Phi) is 5.16. The van der Waals surface area contributed by atoms with Gasteiger partial charge in [-0.15, -0.1) is 0 Å². The summed E-state index contributed by atoms with van der Waals surface area (Å²) in [6.07, 6.45) is -1.18. The second-order valence-electron chi connectivity index (χ2n) is 4.33. The molecule has 1 unspecified atom stereocenters. The lowest BCUT2D eigenvalue weighted by molar-refractivity contribution is -0.574. The van der Waals surface area contributed by atoms with Gasteiger partial charge in [0.2, 0.25) is 6.08 Å². The van der Waals surface area contributed by atoms with Gasteiger partial charge in [-0.3, -0.25) is 15.4 Å². The largest absolute Gasteiger partial charge is 0.417 e. The van der Waals surface area contributed by atoms with E-state index >= 15 is 0 Å². The van der Waals surface area contributed by atoms with Crippen molar-refractivity contribution >= 4 is 23.5 Å². The standard InChI is InChI=1S/C15H11N3O5/c19-10-16-12-6-8-13(9-7-12)17-15(20)23-14(18(21)22)11-4-2-1-3-5-11/h1-9,14H,(H,17,20). The number of hydrogen-bond acceptors (Lipinski definition) is 6. The van der Waals surface area contributed by atoms with Gasteiger partial charge in [-0.2, -0.15) is 4.99 Å². The average Bonchev–Trinajstić information content (AvgIpc) is 2.55. The Morgan fingerprint density at radius 1 is 1.17 bits per heavy atom. The first-order chi connectivity index (χ1) is 11.1. The zero-order chi connectivity index (χ0) is 16.7. The van der Waals surface area contributed by atoms with Crippen LogP contribution in [-0.4, -0.2) is 17.1 Å². The third kappa shape index (κ3) is 4.48. The molecule has 1 N–H and O–H groups in total. The van der Waals surface area contributed by atoms with Gasteiger partial charge < -0.3 is 4.74 Å². The number of nitrogens with zero attached hydrogens (tertiary/aromatic N) is 2. The Hall–Kier alpha value is -3.51. The normalized spacial score (nSPS) is 11.0. The van der Waals surface area contributed by atoms with E-state index in [4.69, 9.17) is 4.74 Å². The molecule has 0 aliphatic carbocycles. The molecule has 0 heterocycles. The molecule has 2 aromatic carbocycles. The summed E-state index contributed by atoms with van der Waals surface area (Å²) in [5.41, 5.74) is 0.963. The number of carbonyl (C=O) groups excluding carboxylic acids is 2. The predicted octanol–water partition coefficient (Wildman–Crippen LogP) is 3.18. The van der Waals surface area contributed by atoms with E-state index in [0.29, 0.717) is 11.4 Å². The Bertz CT molecular complexity index is 739. The smallest absolute Gasteiger partial charge is 0.377 e. The number of ether oxygens (including phenoxy) is 1. The maximum absolute atomic E-state index is 11.8. The van der Waals surface area contributed by atoms with Gasteiger partial charge in [0.1, 0.15) is 0 Å². The van der Waals surface area contributed by atoms with Gasteiger partial charge in [-0.05, 0) is 36.4 Å². The summed E-state index contributed by atoms with van der Waals surface area (Å²) in [4.78, 5) is 35.7. The first-order valence-corrected chi connectivity index (χ1v) is 6.44. The van der Waals surface area contributed by atoms with Crippen molar-refractivity contribution in [2.75, 3.05) is 5.32 Å². The van der Waals surface area contributed by atoms with Crippen LogP contribution in [0.5, 0.6) is 0 Å². The van der Waals surface area contributed by atoms with E-state index in [-0.39, 0.29) is 5.56 Å². The minimum absolute atomic E-state index is 0.253. The van der Waals surface area contributed by atoms with Crippen molar-refractivity contribution < 1.29 is 19.2 Å². The van der Waals surface area contributed by atoms with Crippen LogP contribution in [0.15, 0.2) is 59.6 Å². The van der Waals surface area contributed by atoms with Crippen molar-refractivity contribution in [3.63, 3.8) is 0 Å². The van der Waals surface area contributed by atoms with E-state index in [9.17, 15) is 19.7 Å². The van der Waals surface area contributed by atoms with Crippen LogP contribution in [0.1, 0.15) is 11.8 Å². The number of aliphatic imine (C=N–C) groups is 1. The molecule has 8 nitrogen and oxygen atoms in total. The highest BCUT2D eigenvalue weighted by Crippen LogP contribution is 2.20. The van der Waals surface area contributed by atoms with Crippen LogP contribution in [0.2, 0.25) is 0 Å². The number of nitrogens with one attached hydrogen (secondary N) is 1. The van der Waals surface area contributed by atoms with Gasteiger partial charge in [0.25, 0.3) is 0 Å². The van der Waals surface area contributed by atoms with Crippen molar-refractivity contribution in [1.82, 2.24) is 0 Å². The van der Waals surface area contributed by atoms with Crippen LogP contribution in [0, 0.1) is 10.1 Å². The Morgan fingerprint density at radius 2 is 1.83 bits per heavy atom. The fraction of sp³-hybridized carbons (Fsp3) is 0.0667. The zero-order valence-electron chi connectivity index (χ0n) is 11.7. The first kappa shape index (κ1) is 15.9. The second-order valence-corrected chi connectivity index (χ2v) is 4.33.